The topological polar surface area (TPSA) is 24.9 Å². The number of pyridine rings is 1. The molecule has 1 aliphatic carbocycles. The van der Waals surface area contributed by atoms with Gasteiger partial charge in [0.2, 0.25) is 0 Å². The maximum Gasteiger partial charge on any atom is 0.131 e. The predicted molar refractivity (Wildman–Crippen MR) is 59.7 cm³/mol. The Bertz CT molecular complexity index is 310. The van der Waals surface area contributed by atoms with Crippen LogP contribution in [0.1, 0.15) is 26.2 Å². The summed E-state index contributed by atoms with van der Waals surface area (Å²) in [7, 11) is 0. The molecule has 76 valence electrons. The van der Waals surface area contributed by atoms with Crippen LogP contribution in [0, 0.1) is 5.92 Å². The van der Waals surface area contributed by atoms with Crippen molar-refractivity contribution >= 4 is 17.4 Å². The molecule has 0 unspecified atom stereocenters. The molecule has 0 aromatic carbocycles. The lowest BCUT2D eigenvalue weighted by Crippen LogP contribution is -2.31. The predicted octanol–water partition coefficient (Wildman–Crippen LogP) is 3.34. The Morgan fingerprint density at radius 3 is 2.86 bits per heavy atom. The summed E-state index contributed by atoms with van der Waals surface area (Å²) in [6.45, 7) is 2.21. The Morgan fingerprint density at radius 2 is 2.29 bits per heavy atom. The monoisotopic (exact) mass is 210 g/mol. The summed E-state index contributed by atoms with van der Waals surface area (Å²) in [5, 5.41) is 3.94. The highest BCUT2D eigenvalue weighted by Crippen LogP contribution is 2.30. The van der Waals surface area contributed by atoms with Crippen molar-refractivity contribution in [1.82, 2.24) is 4.98 Å². The van der Waals surface area contributed by atoms with Gasteiger partial charge in [0.1, 0.15) is 11.0 Å². The number of halogens is 1. The van der Waals surface area contributed by atoms with E-state index in [9.17, 15) is 0 Å². The van der Waals surface area contributed by atoms with E-state index in [0.29, 0.717) is 11.2 Å². The lowest BCUT2D eigenvalue weighted by Gasteiger charge is -2.32. The molecule has 2 nitrogen and oxygen atoms in total. The summed E-state index contributed by atoms with van der Waals surface area (Å²) >= 11 is 5.80. The first-order valence-electron chi connectivity index (χ1n) is 5.15. The Labute approximate surface area is 89.7 Å². The molecule has 1 heterocycles. The van der Waals surface area contributed by atoms with Crippen molar-refractivity contribution in [2.45, 2.75) is 32.2 Å². The van der Waals surface area contributed by atoms with Crippen LogP contribution in [0.25, 0.3) is 0 Å². The van der Waals surface area contributed by atoms with Crippen molar-refractivity contribution in [3.63, 3.8) is 0 Å². The molecular weight excluding hydrogens is 196 g/mol. The summed E-state index contributed by atoms with van der Waals surface area (Å²) in [6.07, 6.45) is 4.06. The Balaban J connectivity index is 1.95. The van der Waals surface area contributed by atoms with Crippen LogP contribution >= 0.6 is 11.6 Å². The highest BCUT2D eigenvalue weighted by Gasteiger charge is 2.23. The van der Waals surface area contributed by atoms with Gasteiger partial charge in [0, 0.05) is 6.04 Å². The van der Waals surface area contributed by atoms with Crippen LogP contribution in [-0.2, 0) is 0 Å². The lowest BCUT2D eigenvalue weighted by molar-refractivity contribution is 0.285. The van der Waals surface area contributed by atoms with Crippen LogP contribution in [0.2, 0.25) is 5.15 Å². The van der Waals surface area contributed by atoms with E-state index in [1.807, 2.05) is 12.1 Å². The average Bonchev–Trinajstić information content (AvgIpc) is 1.99. The van der Waals surface area contributed by atoms with E-state index in [-0.39, 0.29) is 0 Å². The van der Waals surface area contributed by atoms with Crippen molar-refractivity contribution in [2.24, 2.45) is 5.92 Å². The molecule has 0 radical (unpaired) electrons. The quantitative estimate of drug-likeness (QED) is 0.775. The molecule has 2 rings (SSSR count). The van der Waals surface area contributed by atoms with Crippen molar-refractivity contribution in [1.29, 1.82) is 0 Å². The molecule has 3 heteroatoms. The molecule has 0 aliphatic heterocycles. The van der Waals surface area contributed by atoms with Crippen molar-refractivity contribution < 1.29 is 0 Å². The molecule has 1 fully saturated rings. The van der Waals surface area contributed by atoms with Gasteiger partial charge in [0.25, 0.3) is 0 Å². The summed E-state index contributed by atoms with van der Waals surface area (Å²) in [4.78, 5) is 4.21. The van der Waals surface area contributed by atoms with Crippen LogP contribution in [0.3, 0.4) is 0 Å². The maximum atomic E-state index is 5.80. The van der Waals surface area contributed by atoms with E-state index in [4.69, 9.17) is 11.6 Å². The van der Waals surface area contributed by atoms with Crippen LogP contribution in [-0.4, -0.2) is 11.0 Å². The van der Waals surface area contributed by atoms with Gasteiger partial charge < -0.3 is 5.32 Å². The Hall–Kier alpha value is -0.760. The van der Waals surface area contributed by atoms with Crippen molar-refractivity contribution in [3.8, 4) is 0 Å². The summed E-state index contributed by atoms with van der Waals surface area (Å²) in [5.74, 6) is 1.70. The first-order valence-corrected chi connectivity index (χ1v) is 5.52. The normalized spacial score (nSPS) is 18.7. The van der Waals surface area contributed by atoms with Crippen LogP contribution in [0.4, 0.5) is 5.82 Å². The molecule has 1 aromatic rings. The van der Waals surface area contributed by atoms with Gasteiger partial charge in [-0.15, -0.1) is 0 Å². The molecular formula is C11H15ClN2. The van der Waals surface area contributed by atoms with Gasteiger partial charge in [0.15, 0.2) is 0 Å². The number of nitrogens with one attached hydrogen (secondary N) is 1. The molecule has 0 bridgehead atoms. The van der Waals surface area contributed by atoms with Crippen LogP contribution in [0.15, 0.2) is 18.2 Å². The molecule has 0 amide bonds. The van der Waals surface area contributed by atoms with Gasteiger partial charge in [-0.3, -0.25) is 0 Å². The number of hydrogen-bond acceptors (Lipinski definition) is 2. The minimum absolute atomic E-state index is 0.509. The second kappa shape index (κ2) is 4.18. The number of nitrogens with zero attached hydrogens (tertiary/aromatic N) is 1. The highest BCUT2D eigenvalue weighted by molar-refractivity contribution is 6.29. The van der Waals surface area contributed by atoms with Crippen molar-refractivity contribution in [3.05, 3.63) is 23.4 Å². The molecule has 1 saturated carbocycles. The van der Waals surface area contributed by atoms with E-state index >= 15 is 0 Å². The maximum absolute atomic E-state index is 5.80. The van der Waals surface area contributed by atoms with Gasteiger partial charge in [-0.2, -0.15) is 0 Å². The Kier molecular flexibility index (Phi) is 2.92. The van der Waals surface area contributed by atoms with Crippen LogP contribution < -0.4 is 5.32 Å². The standard InChI is InChI=1S/C11H15ClN2/c1-8(9-4-2-5-9)13-11-7-3-6-10(12)14-11/h3,6-9H,2,4-5H2,1H3,(H,13,14)/t8-/m0/s1. The molecule has 1 atom stereocenters. The smallest absolute Gasteiger partial charge is 0.131 e. The summed E-state index contributed by atoms with van der Waals surface area (Å²) in [5.41, 5.74) is 0. The highest BCUT2D eigenvalue weighted by atomic mass is 35.5. The molecule has 0 spiro atoms. The van der Waals surface area contributed by atoms with Crippen LogP contribution in [0.5, 0.6) is 0 Å². The number of aromatic nitrogens is 1. The third kappa shape index (κ3) is 2.18. The first kappa shape index (κ1) is 9.78. The summed E-state index contributed by atoms with van der Waals surface area (Å²) < 4.78 is 0. The molecule has 1 aliphatic rings. The number of anilines is 1. The van der Waals surface area contributed by atoms with Gasteiger partial charge in [-0.05, 0) is 37.8 Å². The van der Waals surface area contributed by atoms with E-state index in [0.717, 1.165) is 11.7 Å². The molecule has 14 heavy (non-hydrogen) atoms. The fourth-order valence-electron chi connectivity index (χ4n) is 1.78. The van der Waals surface area contributed by atoms with E-state index in [2.05, 4.69) is 17.2 Å². The zero-order chi connectivity index (χ0) is 9.97. The van der Waals surface area contributed by atoms with Gasteiger partial charge in [-0.1, -0.05) is 24.1 Å². The van der Waals surface area contributed by atoms with Crippen molar-refractivity contribution in [2.75, 3.05) is 5.32 Å². The van der Waals surface area contributed by atoms with E-state index in [1.54, 1.807) is 6.07 Å². The SMILES string of the molecule is C[C@H](Nc1cccc(Cl)n1)C1CCC1. The molecule has 1 N–H and O–H groups in total. The van der Waals surface area contributed by atoms with E-state index in [1.165, 1.54) is 19.3 Å². The zero-order valence-electron chi connectivity index (χ0n) is 8.33. The molecule has 0 saturated heterocycles. The van der Waals surface area contributed by atoms with Gasteiger partial charge in [0.05, 0.1) is 0 Å². The molecule has 1 aromatic heterocycles. The van der Waals surface area contributed by atoms with E-state index < -0.39 is 0 Å². The zero-order valence-corrected chi connectivity index (χ0v) is 9.09. The minimum atomic E-state index is 0.509. The van der Waals surface area contributed by atoms with Gasteiger partial charge >= 0.3 is 0 Å². The minimum Gasteiger partial charge on any atom is -0.367 e. The lowest BCUT2D eigenvalue weighted by atomic mass is 9.80. The Morgan fingerprint density at radius 1 is 1.50 bits per heavy atom. The fraction of sp³-hybridized carbons (Fsp3) is 0.545. The third-order valence-electron chi connectivity index (χ3n) is 2.95. The third-order valence-corrected chi connectivity index (χ3v) is 3.16. The summed E-state index contributed by atoms with van der Waals surface area (Å²) in [6, 6.07) is 6.18. The second-order valence-electron chi connectivity index (χ2n) is 3.97. The second-order valence-corrected chi connectivity index (χ2v) is 4.36. The number of rotatable bonds is 3. The first-order chi connectivity index (χ1) is 6.75. The fourth-order valence-corrected chi connectivity index (χ4v) is 1.94. The number of hydrogen-bond donors (Lipinski definition) is 1. The largest absolute Gasteiger partial charge is 0.367 e. The average molecular weight is 211 g/mol. The van der Waals surface area contributed by atoms with Gasteiger partial charge in [-0.25, -0.2) is 4.98 Å².